The zero-order valence-corrected chi connectivity index (χ0v) is 11.5. The summed E-state index contributed by atoms with van der Waals surface area (Å²) in [5, 5.41) is 0.956. The van der Waals surface area contributed by atoms with E-state index < -0.39 is 16.3 Å². The van der Waals surface area contributed by atoms with E-state index in [4.69, 9.17) is 5.73 Å². The Morgan fingerprint density at radius 1 is 1.15 bits per heavy atom. The van der Waals surface area contributed by atoms with Crippen molar-refractivity contribution in [2.75, 3.05) is 12.3 Å². The van der Waals surface area contributed by atoms with Crippen LogP contribution >= 0.6 is 0 Å². The predicted octanol–water partition coefficient (Wildman–Crippen LogP) is 2.28. The Bertz CT molecular complexity index is 754. The lowest BCUT2D eigenvalue weighted by atomic mass is 10.1. The number of nitrogens with two attached hydrogens (primary N) is 1. The molecule has 2 aromatic carbocycles. The van der Waals surface area contributed by atoms with Crippen molar-refractivity contribution in [2.24, 2.45) is 0 Å². The van der Waals surface area contributed by atoms with Gasteiger partial charge in [-0.05, 0) is 19.1 Å². The van der Waals surface area contributed by atoms with Gasteiger partial charge in [-0.25, -0.2) is 4.79 Å². The number of ether oxygens (including phenoxy) is 1. The third kappa shape index (κ3) is 2.67. The quantitative estimate of drug-likeness (QED) is 0.530. The van der Waals surface area contributed by atoms with Crippen LogP contribution in [-0.4, -0.2) is 21.2 Å². The second kappa shape index (κ2) is 5.38. The van der Waals surface area contributed by atoms with E-state index in [0.717, 1.165) is 0 Å². The number of hydrogen-bond donors (Lipinski definition) is 1. The Labute approximate surface area is 116 Å². The fourth-order valence-corrected chi connectivity index (χ4v) is 2.79. The second-order valence-corrected chi connectivity index (χ2v) is 5.43. The van der Waals surface area contributed by atoms with Crippen LogP contribution in [0.25, 0.3) is 10.8 Å². The van der Waals surface area contributed by atoms with Gasteiger partial charge in [-0.2, -0.15) is 8.42 Å². The molecule has 0 aromatic heterocycles. The number of nitrogen functional groups attached to an aromatic ring is 1. The van der Waals surface area contributed by atoms with E-state index in [1.165, 1.54) is 12.1 Å². The molecule has 0 aliphatic carbocycles. The van der Waals surface area contributed by atoms with Crippen LogP contribution < -0.4 is 5.73 Å². The molecule has 0 aliphatic heterocycles. The average molecular weight is 295 g/mol. The molecule has 106 valence electrons. The first-order valence-corrected chi connectivity index (χ1v) is 7.25. The molecule has 0 fully saturated rings. The zero-order valence-electron chi connectivity index (χ0n) is 10.7. The van der Waals surface area contributed by atoms with Gasteiger partial charge in [-0.1, -0.05) is 24.3 Å². The van der Waals surface area contributed by atoms with Gasteiger partial charge in [0, 0.05) is 16.5 Å². The highest BCUT2D eigenvalue weighted by Gasteiger charge is 2.23. The predicted molar refractivity (Wildman–Crippen MR) is 73.7 cm³/mol. The highest BCUT2D eigenvalue weighted by atomic mass is 32.2. The number of carbonyl (C=O) groups excluding carboxylic acids is 1. The number of rotatable bonds is 3. The van der Waals surface area contributed by atoms with Crippen LogP contribution in [0.3, 0.4) is 0 Å². The van der Waals surface area contributed by atoms with Crippen molar-refractivity contribution >= 4 is 32.7 Å². The molecular weight excluding hydrogens is 282 g/mol. The molecule has 7 heteroatoms. The molecule has 0 unspecified atom stereocenters. The maximum absolute atomic E-state index is 12.1. The summed E-state index contributed by atoms with van der Waals surface area (Å²) in [6.45, 7) is 1.57. The van der Waals surface area contributed by atoms with Gasteiger partial charge in [0.05, 0.1) is 6.61 Å². The van der Waals surface area contributed by atoms with E-state index in [-0.39, 0.29) is 11.5 Å². The monoisotopic (exact) mass is 295 g/mol. The van der Waals surface area contributed by atoms with Gasteiger partial charge in [0.25, 0.3) is 0 Å². The van der Waals surface area contributed by atoms with Crippen molar-refractivity contribution in [3.8, 4) is 0 Å². The number of anilines is 1. The lowest BCUT2D eigenvalue weighted by Crippen LogP contribution is -2.15. The van der Waals surface area contributed by atoms with Crippen LogP contribution in [0.4, 0.5) is 10.5 Å². The van der Waals surface area contributed by atoms with Crippen LogP contribution in [0.5, 0.6) is 0 Å². The Balaban J connectivity index is 2.53. The fraction of sp³-hybridized carbons (Fsp3) is 0.154. The minimum absolute atomic E-state index is 0.0246. The molecule has 0 atom stereocenters. The molecule has 0 saturated carbocycles. The Morgan fingerprint density at radius 2 is 1.80 bits per heavy atom. The smallest absolute Gasteiger partial charge is 0.434 e. The van der Waals surface area contributed by atoms with Gasteiger partial charge >= 0.3 is 16.3 Å². The maximum atomic E-state index is 12.1. The summed E-state index contributed by atoms with van der Waals surface area (Å²) in [6.07, 6.45) is -1.26. The van der Waals surface area contributed by atoms with Crippen molar-refractivity contribution in [2.45, 2.75) is 11.8 Å². The highest BCUT2D eigenvalue weighted by Crippen LogP contribution is 2.28. The molecular formula is C13H13NO5S. The molecule has 0 saturated heterocycles. The van der Waals surface area contributed by atoms with Crippen molar-refractivity contribution < 1.29 is 22.1 Å². The summed E-state index contributed by atoms with van der Waals surface area (Å²) in [5.74, 6) is 0. The van der Waals surface area contributed by atoms with Crippen molar-refractivity contribution in [1.29, 1.82) is 0 Å². The first-order chi connectivity index (χ1) is 9.45. The average Bonchev–Trinajstić information content (AvgIpc) is 2.38. The van der Waals surface area contributed by atoms with E-state index in [1.807, 2.05) is 0 Å². The number of carbonyl (C=O) groups is 1. The summed E-state index contributed by atoms with van der Waals surface area (Å²) >= 11 is 0. The minimum Gasteiger partial charge on any atom is -0.434 e. The van der Waals surface area contributed by atoms with Gasteiger partial charge in [0.15, 0.2) is 0 Å². The Hall–Kier alpha value is -2.28. The van der Waals surface area contributed by atoms with Gasteiger partial charge in [-0.3, -0.25) is 0 Å². The number of fused-ring (bicyclic) bond motifs is 1. The largest absolute Gasteiger partial charge is 0.524 e. The summed E-state index contributed by atoms with van der Waals surface area (Å²) in [5.41, 5.74) is 6.23. The van der Waals surface area contributed by atoms with Crippen molar-refractivity contribution in [1.82, 2.24) is 0 Å². The molecule has 0 spiro atoms. The fourth-order valence-electron chi connectivity index (χ4n) is 1.79. The van der Waals surface area contributed by atoms with Gasteiger partial charge in [-0.15, -0.1) is 0 Å². The summed E-state index contributed by atoms with van der Waals surface area (Å²) < 4.78 is 33.0. The van der Waals surface area contributed by atoms with Crippen LogP contribution in [-0.2, 0) is 19.0 Å². The van der Waals surface area contributed by atoms with Crippen LogP contribution in [0.2, 0.25) is 0 Å². The Kier molecular flexibility index (Phi) is 3.80. The van der Waals surface area contributed by atoms with E-state index >= 15 is 0 Å². The van der Waals surface area contributed by atoms with Gasteiger partial charge < -0.3 is 14.7 Å². The highest BCUT2D eigenvalue weighted by molar-refractivity contribution is 7.87. The molecule has 6 nitrogen and oxygen atoms in total. The number of hydrogen-bond acceptors (Lipinski definition) is 6. The van der Waals surface area contributed by atoms with Crippen LogP contribution in [0.15, 0.2) is 41.3 Å². The second-order valence-electron chi connectivity index (χ2n) is 3.92. The molecule has 0 bridgehead atoms. The molecule has 0 amide bonds. The zero-order chi connectivity index (χ0) is 14.8. The standard InChI is InChI=1S/C13H13NO5S/c1-2-18-13(15)19-20(16,17)12-8-7-11(14)9-5-3-4-6-10(9)12/h3-8H,2,14H2,1H3. The normalized spacial score (nSPS) is 11.2. The number of benzene rings is 2. The van der Waals surface area contributed by atoms with Crippen molar-refractivity contribution in [3.63, 3.8) is 0 Å². The Morgan fingerprint density at radius 3 is 2.45 bits per heavy atom. The topological polar surface area (TPSA) is 95.7 Å². The molecule has 0 aliphatic rings. The van der Waals surface area contributed by atoms with Gasteiger partial charge in [0.1, 0.15) is 4.90 Å². The third-order valence-electron chi connectivity index (χ3n) is 2.63. The lowest BCUT2D eigenvalue weighted by molar-refractivity contribution is 0.107. The lowest BCUT2D eigenvalue weighted by Gasteiger charge is -2.09. The molecule has 2 aromatic rings. The minimum atomic E-state index is -4.26. The maximum Gasteiger partial charge on any atom is 0.524 e. The molecule has 0 heterocycles. The van der Waals surface area contributed by atoms with Gasteiger partial charge in [0.2, 0.25) is 0 Å². The molecule has 20 heavy (non-hydrogen) atoms. The summed E-state index contributed by atoms with van der Waals surface area (Å²) in [4.78, 5) is 11.1. The summed E-state index contributed by atoms with van der Waals surface area (Å²) in [7, 11) is -4.26. The SMILES string of the molecule is CCOC(=O)OS(=O)(=O)c1ccc(N)c2ccccc12. The van der Waals surface area contributed by atoms with Crippen molar-refractivity contribution in [3.05, 3.63) is 36.4 Å². The van der Waals surface area contributed by atoms with E-state index in [0.29, 0.717) is 16.5 Å². The summed E-state index contributed by atoms with van der Waals surface area (Å²) in [6, 6.07) is 9.43. The molecule has 2 rings (SSSR count). The third-order valence-corrected chi connectivity index (χ3v) is 3.88. The van der Waals surface area contributed by atoms with Crippen LogP contribution in [0, 0.1) is 0 Å². The molecule has 2 N–H and O–H groups in total. The first-order valence-electron chi connectivity index (χ1n) is 5.84. The first kappa shape index (κ1) is 14.1. The van der Waals surface area contributed by atoms with E-state index in [1.54, 1.807) is 31.2 Å². The molecule has 0 radical (unpaired) electrons. The van der Waals surface area contributed by atoms with E-state index in [2.05, 4.69) is 8.92 Å². The van der Waals surface area contributed by atoms with E-state index in [9.17, 15) is 13.2 Å². The van der Waals surface area contributed by atoms with Crippen LogP contribution in [0.1, 0.15) is 6.92 Å².